The molecule has 1 unspecified atom stereocenters. The lowest BCUT2D eigenvalue weighted by atomic mass is 9.97. The Labute approximate surface area is 97.8 Å². The zero-order valence-electron chi connectivity index (χ0n) is 9.85. The normalized spacial score (nSPS) is 22.4. The number of halogens is 3. The van der Waals surface area contributed by atoms with Gasteiger partial charge in [0.2, 0.25) is 0 Å². The van der Waals surface area contributed by atoms with Gasteiger partial charge in [0.25, 0.3) is 0 Å². The summed E-state index contributed by atoms with van der Waals surface area (Å²) in [5, 5.41) is 3.14. The number of rotatable bonds is 0. The molecule has 0 amide bonds. The van der Waals surface area contributed by atoms with Crippen LogP contribution >= 0.6 is 0 Å². The number of nitrogens with one attached hydrogen (secondary N) is 1. The van der Waals surface area contributed by atoms with Gasteiger partial charge in [0.15, 0.2) is 0 Å². The molecule has 0 bridgehead atoms. The van der Waals surface area contributed by atoms with Crippen molar-refractivity contribution in [3.63, 3.8) is 0 Å². The Morgan fingerprint density at radius 3 is 2.53 bits per heavy atom. The summed E-state index contributed by atoms with van der Waals surface area (Å²) in [7, 11) is 0. The topological polar surface area (TPSA) is 21.3 Å². The van der Waals surface area contributed by atoms with Gasteiger partial charge < -0.3 is 10.1 Å². The number of benzene rings is 1. The maximum absolute atomic E-state index is 12.6. The average molecular weight is 245 g/mol. The average Bonchev–Trinajstić information content (AvgIpc) is 2.17. The second kappa shape index (κ2) is 3.55. The minimum Gasteiger partial charge on any atom is -0.484 e. The number of hydrogen-bond acceptors (Lipinski definition) is 2. The minimum absolute atomic E-state index is 0.0340. The molecule has 1 aliphatic heterocycles. The van der Waals surface area contributed by atoms with Gasteiger partial charge >= 0.3 is 6.18 Å². The fourth-order valence-corrected chi connectivity index (χ4v) is 1.68. The lowest BCUT2D eigenvalue weighted by molar-refractivity contribution is -0.137. The first-order valence-electron chi connectivity index (χ1n) is 5.37. The molecule has 5 heteroatoms. The molecular weight excluding hydrogens is 231 g/mol. The predicted octanol–water partition coefficient (Wildman–Crippen LogP) is 3.68. The number of ether oxygens (including phenoxy) is 1. The van der Waals surface area contributed by atoms with Crippen LogP contribution < -0.4 is 10.1 Å². The molecule has 1 heterocycles. The van der Waals surface area contributed by atoms with E-state index in [4.69, 9.17) is 4.74 Å². The summed E-state index contributed by atoms with van der Waals surface area (Å²) in [4.78, 5) is 0. The fourth-order valence-electron chi connectivity index (χ4n) is 1.68. The zero-order chi connectivity index (χ0) is 12.8. The van der Waals surface area contributed by atoms with E-state index >= 15 is 0 Å². The van der Waals surface area contributed by atoms with Crippen LogP contribution in [0.1, 0.15) is 26.3 Å². The number of alkyl halides is 3. The minimum atomic E-state index is -4.34. The number of hydrogen-bond donors (Lipinski definition) is 1. The molecule has 94 valence electrons. The predicted molar refractivity (Wildman–Crippen MR) is 59.2 cm³/mol. The van der Waals surface area contributed by atoms with Gasteiger partial charge in [0.05, 0.1) is 17.3 Å². The van der Waals surface area contributed by atoms with Crippen molar-refractivity contribution in [1.82, 2.24) is 0 Å². The van der Waals surface area contributed by atoms with Crippen molar-refractivity contribution in [3.05, 3.63) is 23.8 Å². The van der Waals surface area contributed by atoms with E-state index in [-0.39, 0.29) is 11.8 Å². The fraction of sp³-hybridized carbons (Fsp3) is 0.500. The molecule has 0 aromatic heterocycles. The summed E-state index contributed by atoms with van der Waals surface area (Å²) < 4.78 is 43.3. The summed E-state index contributed by atoms with van der Waals surface area (Å²) >= 11 is 0. The molecule has 1 aromatic rings. The molecule has 0 aliphatic carbocycles. The summed E-state index contributed by atoms with van der Waals surface area (Å²) in [6, 6.07) is 3.53. The van der Waals surface area contributed by atoms with Gasteiger partial charge in [-0.2, -0.15) is 13.2 Å². The van der Waals surface area contributed by atoms with Crippen LogP contribution in [-0.4, -0.2) is 11.6 Å². The maximum atomic E-state index is 12.6. The summed E-state index contributed by atoms with van der Waals surface area (Å²) in [6.07, 6.45) is -4.34. The van der Waals surface area contributed by atoms with E-state index < -0.39 is 17.3 Å². The summed E-state index contributed by atoms with van der Waals surface area (Å²) in [5.41, 5.74) is -0.620. The van der Waals surface area contributed by atoms with Crippen LogP contribution in [0, 0.1) is 0 Å². The third-order valence-corrected chi connectivity index (χ3v) is 3.10. The lowest BCUT2D eigenvalue weighted by Crippen LogP contribution is -2.47. The van der Waals surface area contributed by atoms with E-state index in [1.54, 1.807) is 0 Å². The first kappa shape index (κ1) is 12.1. The molecule has 0 radical (unpaired) electrons. The molecule has 1 aromatic carbocycles. The van der Waals surface area contributed by atoms with E-state index in [9.17, 15) is 13.2 Å². The van der Waals surface area contributed by atoms with Crippen LogP contribution in [0.5, 0.6) is 5.75 Å². The Hall–Kier alpha value is -1.39. The van der Waals surface area contributed by atoms with Crippen LogP contribution in [0.3, 0.4) is 0 Å². The quantitative estimate of drug-likeness (QED) is 0.752. The molecule has 0 saturated carbocycles. The van der Waals surface area contributed by atoms with Gasteiger partial charge in [0.1, 0.15) is 11.4 Å². The van der Waals surface area contributed by atoms with Crippen molar-refractivity contribution in [2.45, 2.75) is 38.6 Å². The molecule has 2 rings (SSSR count). The Kier molecular flexibility index (Phi) is 2.52. The van der Waals surface area contributed by atoms with Crippen molar-refractivity contribution in [1.29, 1.82) is 0 Å². The van der Waals surface area contributed by atoms with E-state index in [0.717, 1.165) is 12.1 Å². The van der Waals surface area contributed by atoms with Crippen molar-refractivity contribution >= 4 is 5.69 Å². The van der Waals surface area contributed by atoms with Crippen molar-refractivity contribution < 1.29 is 17.9 Å². The van der Waals surface area contributed by atoms with E-state index in [1.165, 1.54) is 6.07 Å². The molecule has 1 atom stereocenters. The molecular formula is C12H14F3NO. The maximum Gasteiger partial charge on any atom is 0.416 e. The Morgan fingerprint density at radius 2 is 1.94 bits per heavy atom. The molecule has 0 spiro atoms. The van der Waals surface area contributed by atoms with E-state index in [2.05, 4.69) is 5.32 Å². The number of anilines is 1. The molecule has 0 fully saturated rings. The van der Waals surface area contributed by atoms with Gasteiger partial charge in [0, 0.05) is 0 Å². The summed E-state index contributed by atoms with van der Waals surface area (Å²) in [6.45, 7) is 5.61. The highest BCUT2D eigenvalue weighted by Gasteiger charge is 2.36. The van der Waals surface area contributed by atoms with Crippen LogP contribution in [0.15, 0.2) is 18.2 Å². The van der Waals surface area contributed by atoms with Crippen molar-refractivity contribution in [2.75, 3.05) is 5.32 Å². The smallest absolute Gasteiger partial charge is 0.416 e. The highest BCUT2D eigenvalue weighted by molar-refractivity contribution is 5.60. The van der Waals surface area contributed by atoms with Gasteiger partial charge in [-0.05, 0) is 39.0 Å². The van der Waals surface area contributed by atoms with E-state index in [0.29, 0.717) is 5.69 Å². The largest absolute Gasteiger partial charge is 0.484 e. The van der Waals surface area contributed by atoms with Crippen LogP contribution in [-0.2, 0) is 6.18 Å². The first-order valence-corrected chi connectivity index (χ1v) is 5.37. The zero-order valence-corrected chi connectivity index (χ0v) is 9.85. The Balaban J connectivity index is 2.41. The Morgan fingerprint density at radius 1 is 1.29 bits per heavy atom. The molecule has 17 heavy (non-hydrogen) atoms. The van der Waals surface area contributed by atoms with Crippen LogP contribution in [0.2, 0.25) is 0 Å². The molecule has 2 nitrogen and oxygen atoms in total. The highest BCUT2D eigenvalue weighted by Crippen LogP contribution is 2.40. The van der Waals surface area contributed by atoms with Crippen molar-refractivity contribution in [2.24, 2.45) is 0 Å². The SMILES string of the molecule is CC1Nc2ccc(C(F)(F)F)cc2OC1(C)C. The van der Waals surface area contributed by atoms with Gasteiger partial charge in [-0.1, -0.05) is 0 Å². The third kappa shape index (κ3) is 2.18. The monoisotopic (exact) mass is 245 g/mol. The molecule has 0 saturated heterocycles. The lowest BCUT2D eigenvalue weighted by Gasteiger charge is -2.39. The van der Waals surface area contributed by atoms with E-state index in [1.807, 2.05) is 20.8 Å². The Bertz CT molecular complexity index is 440. The second-order valence-corrected chi connectivity index (χ2v) is 4.78. The van der Waals surface area contributed by atoms with Gasteiger partial charge in [-0.25, -0.2) is 0 Å². The van der Waals surface area contributed by atoms with Gasteiger partial charge in [-0.15, -0.1) is 0 Å². The van der Waals surface area contributed by atoms with Crippen LogP contribution in [0.4, 0.5) is 18.9 Å². The van der Waals surface area contributed by atoms with Crippen LogP contribution in [0.25, 0.3) is 0 Å². The van der Waals surface area contributed by atoms with Gasteiger partial charge in [-0.3, -0.25) is 0 Å². The first-order chi connectivity index (χ1) is 7.70. The highest BCUT2D eigenvalue weighted by atomic mass is 19.4. The molecule has 1 aliphatic rings. The summed E-state index contributed by atoms with van der Waals surface area (Å²) in [5.74, 6) is 0.253. The third-order valence-electron chi connectivity index (χ3n) is 3.10. The standard InChI is InChI=1S/C12H14F3NO/c1-7-11(2,3)17-10-6-8(12(13,14)15)4-5-9(10)16-7/h4-7,16H,1-3H3. The second-order valence-electron chi connectivity index (χ2n) is 4.78. The number of fused-ring (bicyclic) bond motifs is 1. The van der Waals surface area contributed by atoms with Crippen molar-refractivity contribution in [3.8, 4) is 5.75 Å². The molecule has 1 N–H and O–H groups in total.